The summed E-state index contributed by atoms with van der Waals surface area (Å²) >= 11 is 3.53. The highest BCUT2D eigenvalue weighted by atomic mass is 79.9. The van der Waals surface area contributed by atoms with Crippen molar-refractivity contribution < 1.29 is 4.79 Å². The van der Waals surface area contributed by atoms with Crippen LogP contribution in [0.4, 0.5) is 0 Å². The topological polar surface area (TPSA) is 32.9 Å². The molecule has 0 aliphatic heterocycles. The van der Waals surface area contributed by atoms with E-state index in [1.165, 1.54) is 5.56 Å². The van der Waals surface area contributed by atoms with Crippen molar-refractivity contribution >= 4 is 32.6 Å². The molecule has 2 aromatic carbocycles. The van der Waals surface area contributed by atoms with Gasteiger partial charge in [-0.05, 0) is 30.9 Å². The van der Waals surface area contributed by atoms with Crippen LogP contribution in [-0.4, -0.2) is 16.1 Å². The number of carbonyl (C=O) groups is 1. The van der Waals surface area contributed by atoms with Gasteiger partial charge in [-0.3, -0.25) is 4.79 Å². The molecular formula is C20H20BrNO. The Kier molecular flexibility index (Phi) is 4.67. The molecule has 0 saturated carbocycles. The van der Waals surface area contributed by atoms with Crippen molar-refractivity contribution in [1.82, 2.24) is 4.98 Å². The number of alkyl halides is 1. The molecule has 0 radical (unpaired) electrons. The lowest BCUT2D eigenvalue weighted by Gasteiger charge is -2.13. The number of aromatic nitrogens is 1. The van der Waals surface area contributed by atoms with Crippen LogP contribution in [0.2, 0.25) is 0 Å². The fourth-order valence-corrected chi connectivity index (χ4v) is 3.84. The number of H-pyrrole nitrogens is 1. The second-order valence-electron chi connectivity index (χ2n) is 5.97. The smallest absolute Gasteiger partial charge is 0.195 e. The van der Waals surface area contributed by atoms with E-state index in [-0.39, 0.29) is 5.78 Å². The zero-order valence-corrected chi connectivity index (χ0v) is 15.0. The predicted octanol–water partition coefficient (Wildman–Crippen LogP) is 5.60. The number of hydrogen-bond acceptors (Lipinski definition) is 1. The van der Waals surface area contributed by atoms with Crippen molar-refractivity contribution in [1.29, 1.82) is 0 Å². The summed E-state index contributed by atoms with van der Waals surface area (Å²) in [5.41, 5.74) is 4.77. The third kappa shape index (κ3) is 2.98. The van der Waals surface area contributed by atoms with E-state index in [1.807, 2.05) is 37.3 Å². The number of benzene rings is 2. The van der Waals surface area contributed by atoms with Crippen LogP contribution in [0.25, 0.3) is 10.9 Å². The van der Waals surface area contributed by atoms with Gasteiger partial charge in [0.25, 0.3) is 0 Å². The maximum absolute atomic E-state index is 13.0. The van der Waals surface area contributed by atoms with Crippen LogP contribution in [-0.2, 0) is 0 Å². The van der Waals surface area contributed by atoms with E-state index in [2.05, 4.69) is 46.0 Å². The Morgan fingerprint density at radius 1 is 1.13 bits per heavy atom. The molecule has 0 fully saturated rings. The summed E-state index contributed by atoms with van der Waals surface area (Å²) in [6.07, 6.45) is 1.04. The lowest BCUT2D eigenvalue weighted by molar-refractivity contribution is 0.103. The van der Waals surface area contributed by atoms with Crippen molar-refractivity contribution in [3.05, 3.63) is 70.9 Å². The van der Waals surface area contributed by atoms with E-state index in [9.17, 15) is 4.79 Å². The van der Waals surface area contributed by atoms with Gasteiger partial charge in [0, 0.05) is 27.5 Å². The average Bonchev–Trinajstić information content (AvgIpc) is 2.91. The minimum atomic E-state index is 0.0906. The number of ketones is 1. The van der Waals surface area contributed by atoms with Crippen molar-refractivity contribution in [2.75, 3.05) is 5.33 Å². The molecule has 1 aromatic heterocycles. The summed E-state index contributed by atoms with van der Waals surface area (Å²) in [5.74, 6) is 0.489. The third-order valence-corrected chi connectivity index (χ3v) is 4.84. The van der Waals surface area contributed by atoms with Gasteiger partial charge < -0.3 is 4.98 Å². The Labute approximate surface area is 145 Å². The van der Waals surface area contributed by atoms with Gasteiger partial charge in [-0.25, -0.2) is 0 Å². The fourth-order valence-electron chi connectivity index (χ4n) is 3.15. The molecular weight excluding hydrogens is 350 g/mol. The van der Waals surface area contributed by atoms with Crippen molar-refractivity contribution in [3.63, 3.8) is 0 Å². The van der Waals surface area contributed by atoms with Crippen molar-refractivity contribution in [2.45, 2.75) is 26.2 Å². The monoisotopic (exact) mass is 369 g/mol. The first-order chi connectivity index (χ1) is 11.1. The Morgan fingerprint density at radius 2 is 1.87 bits per heavy atom. The minimum absolute atomic E-state index is 0.0906. The van der Waals surface area contributed by atoms with Crippen LogP contribution in [0.1, 0.15) is 46.4 Å². The Bertz CT molecular complexity index is 835. The second kappa shape index (κ2) is 6.71. The van der Waals surface area contributed by atoms with E-state index >= 15 is 0 Å². The second-order valence-corrected chi connectivity index (χ2v) is 6.76. The highest BCUT2D eigenvalue weighted by Crippen LogP contribution is 2.33. The molecule has 1 unspecified atom stereocenters. The van der Waals surface area contributed by atoms with Gasteiger partial charge in [0.1, 0.15) is 0 Å². The molecule has 0 bridgehead atoms. The van der Waals surface area contributed by atoms with Crippen LogP contribution in [0.15, 0.2) is 48.5 Å². The molecule has 2 nitrogen and oxygen atoms in total. The van der Waals surface area contributed by atoms with Crippen LogP contribution in [0, 0.1) is 6.92 Å². The molecule has 1 atom stereocenters. The first-order valence-electron chi connectivity index (χ1n) is 7.90. The first-order valence-corrected chi connectivity index (χ1v) is 9.02. The van der Waals surface area contributed by atoms with Crippen LogP contribution >= 0.6 is 15.9 Å². The molecule has 3 rings (SSSR count). The maximum Gasteiger partial charge on any atom is 0.195 e. The molecule has 3 aromatic rings. The number of fused-ring (bicyclic) bond motifs is 1. The number of nitrogens with one attached hydrogen (secondary N) is 1. The molecule has 118 valence electrons. The Morgan fingerprint density at radius 3 is 2.57 bits per heavy atom. The molecule has 23 heavy (non-hydrogen) atoms. The SMILES string of the molecule is Cc1[nH]c2cccc(C(C)CCBr)c2c1C(=O)c1ccccc1. The highest BCUT2D eigenvalue weighted by molar-refractivity contribution is 9.09. The average molecular weight is 370 g/mol. The number of hydrogen-bond donors (Lipinski definition) is 1. The minimum Gasteiger partial charge on any atom is -0.358 e. The summed E-state index contributed by atoms with van der Waals surface area (Å²) < 4.78 is 0. The number of aromatic amines is 1. The summed E-state index contributed by atoms with van der Waals surface area (Å²) in [4.78, 5) is 16.4. The molecule has 0 aliphatic rings. The van der Waals surface area contributed by atoms with Crippen LogP contribution in [0.5, 0.6) is 0 Å². The highest BCUT2D eigenvalue weighted by Gasteiger charge is 2.21. The molecule has 0 amide bonds. The molecule has 1 heterocycles. The Hall–Kier alpha value is -1.87. The summed E-state index contributed by atoms with van der Waals surface area (Å²) in [7, 11) is 0. The standard InChI is InChI=1S/C20H20BrNO/c1-13(11-12-21)16-9-6-10-17-19(16)18(14(2)22-17)20(23)15-7-4-3-5-8-15/h3-10,13,22H,11-12H2,1-2H3. The van der Waals surface area contributed by atoms with Crippen LogP contribution < -0.4 is 0 Å². The van der Waals surface area contributed by atoms with Crippen molar-refractivity contribution in [3.8, 4) is 0 Å². The zero-order chi connectivity index (χ0) is 16.4. The van der Waals surface area contributed by atoms with Crippen LogP contribution in [0.3, 0.4) is 0 Å². The molecule has 1 N–H and O–H groups in total. The van der Waals surface area contributed by atoms with E-state index in [4.69, 9.17) is 0 Å². The number of halogens is 1. The van der Waals surface area contributed by atoms with Gasteiger partial charge in [0.15, 0.2) is 5.78 Å². The van der Waals surface area contributed by atoms with Gasteiger partial charge in [-0.1, -0.05) is 65.3 Å². The summed E-state index contributed by atoms with van der Waals surface area (Å²) in [5, 5.41) is 2.03. The first kappa shape index (κ1) is 16.0. The molecule has 0 aliphatic carbocycles. The fraction of sp³-hybridized carbons (Fsp3) is 0.250. The largest absolute Gasteiger partial charge is 0.358 e. The lowest BCUT2D eigenvalue weighted by Crippen LogP contribution is -2.04. The molecule has 0 saturated heterocycles. The summed E-state index contributed by atoms with van der Waals surface area (Å²) in [6, 6.07) is 15.8. The zero-order valence-electron chi connectivity index (χ0n) is 13.4. The number of carbonyl (C=O) groups excluding carboxylic acids is 1. The molecule has 0 spiro atoms. The third-order valence-electron chi connectivity index (χ3n) is 4.38. The van der Waals surface area contributed by atoms with Gasteiger partial charge in [0.05, 0.1) is 5.56 Å². The molecule has 3 heteroatoms. The predicted molar refractivity (Wildman–Crippen MR) is 99.7 cm³/mol. The maximum atomic E-state index is 13.0. The summed E-state index contributed by atoms with van der Waals surface area (Å²) in [6.45, 7) is 4.20. The van der Waals surface area contributed by atoms with E-state index in [0.29, 0.717) is 5.92 Å². The lowest BCUT2D eigenvalue weighted by atomic mass is 9.91. The Balaban J connectivity index is 2.20. The number of rotatable bonds is 5. The number of aryl methyl sites for hydroxylation is 1. The quantitative estimate of drug-likeness (QED) is 0.461. The van der Waals surface area contributed by atoms with Gasteiger partial charge in [-0.15, -0.1) is 0 Å². The van der Waals surface area contributed by atoms with Gasteiger partial charge >= 0.3 is 0 Å². The van der Waals surface area contributed by atoms with E-state index in [0.717, 1.165) is 39.5 Å². The van der Waals surface area contributed by atoms with Gasteiger partial charge in [0.2, 0.25) is 0 Å². The van der Waals surface area contributed by atoms with Gasteiger partial charge in [-0.2, -0.15) is 0 Å². The normalized spacial score (nSPS) is 12.5. The van der Waals surface area contributed by atoms with E-state index < -0.39 is 0 Å². The van der Waals surface area contributed by atoms with Crippen molar-refractivity contribution in [2.24, 2.45) is 0 Å². The van der Waals surface area contributed by atoms with E-state index in [1.54, 1.807) is 0 Å².